The van der Waals surface area contributed by atoms with Crippen LogP contribution in [0.1, 0.15) is 55.5 Å². The minimum Gasteiger partial charge on any atom is -0.221 e. The Morgan fingerprint density at radius 1 is 0.364 bits per heavy atom. The number of aryl methyl sites for hydroxylation is 3. The van der Waals surface area contributed by atoms with E-state index in [1.165, 1.54) is 27.8 Å². The lowest BCUT2D eigenvalue weighted by Gasteiger charge is -2.10. The Labute approximate surface area is 326 Å². The van der Waals surface area contributed by atoms with Crippen LogP contribution in [0.4, 0.5) is 0 Å². The molecule has 8 aromatic rings. The van der Waals surface area contributed by atoms with Crippen LogP contribution in [-0.2, 0) is 13.1 Å². The molecule has 0 N–H and O–H groups in total. The highest BCUT2D eigenvalue weighted by atomic mass is 15.5. The van der Waals surface area contributed by atoms with Crippen molar-refractivity contribution in [3.63, 3.8) is 0 Å². The molecule has 0 saturated carbocycles. The minimum atomic E-state index is 0.644. The van der Waals surface area contributed by atoms with Gasteiger partial charge in [0.15, 0.2) is 11.6 Å². The molecule has 0 aliphatic heterocycles. The van der Waals surface area contributed by atoms with E-state index in [-0.39, 0.29) is 0 Å². The second-order valence-electron chi connectivity index (χ2n) is 12.2. The third-order valence-electron chi connectivity index (χ3n) is 8.19. The quantitative estimate of drug-likeness (QED) is 0.162. The fourth-order valence-electron chi connectivity index (χ4n) is 5.42. The number of tetrazole rings is 2. The molecule has 0 aliphatic rings. The molecule has 0 unspecified atom stereocenters. The van der Waals surface area contributed by atoms with Crippen LogP contribution < -0.4 is 0 Å². The van der Waals surface area contributed by atoms with Crippen LogP contribution in [0.25, 0.3) is 33.9 Å². The maximum atomic E-state index is 4.29. The van der Waals surface area contributed by atoms with E-state index in [4.69, 9.17) is 0 Å². The zero-order valence-corrected chi connectivity index (χ0v) is 33.1. The molecule has 0 spiro atoms. The second kappa shape index (κ2) is 22.5. The summed E-state index contributed by atoms with van der Waals surface area (Å²) in [6.45, 7) is 15.6. The summed E-state index contributed by atoms with van der Waals surface area (Å²) in [5.41, 5.74) is 10.6. The Bertz CT molecular complexity index is 2190. The van der Waals surface area contributed by atoms with Gasteiger partial charge >= 0.3 is 0 Å². The van der Waals surface area contributed by atoms with Crippen molar-refractivity contribution in [3.05, 3.63) is 192 Å². The maximum absolute atomic E-state index is 4.29. The number of benzene rings is 6. The molecule has 55 heavy (non-hydrogen) atoms. The van der Waals surface area contributed by atoms with Gasteiger partial charge in [-0.05, 0) is 63.9 Å². The Kier molecular flexibility index (Phi) is 16.9. The average Bonchev–Trinajstić information content (AvgIpc) is 3.92. The molecule has 0 saturated heterocycles. The van der Waals surface area contributed by atoms with E-state index in [9.17, 15) is 0 Å². The number of rotatable bonds is 7. The largest absolute Gasteiger partial charge is 0.221 e. The Morgan fingerprint density at radius 3 is 1.20 bits per heavy atom. The molecule has 0 bridgehead atoms. The third kappa shape index (κ3) is 12.5. The summed E-state index contributed by atoms with van der Waals surface area (Å²) in [5.74, 6) is 1.57. The smallest absolute Gasteiger partial charge is 0.182 e. The first kappa shape index (κ1) is 41.2. The van der Waals surface area contributed by atoms with Gasteiger partial charge in [-0.2, -0.15) is 0 Å². The molecule has 8 nitrogen and oxygen atoms in total. The molecule has 8 rings (SSSR count). The molecular weight excluding hydrogens is 677 g/mol. The highest BCUT2D eigenvalue weighted by molar-refractivity contribution is 5.80. The first-order valence-electron chi connectivity index (χ1n) is 18.9. The summed E-state index contributed by atoms with van der Waals surface area (Å²) in [5, 5.41) is 24.3. The lowest BCUT2D eigenvalue weighted by molar-refractivity contribution is 0.653. The second-order valence-corrected chi connectivity index (χ2v) is 12.2. The predicted molar refractivity (Wildman–Crippen MR) is 226 cm³/mol. The average molecular weight is 729 g/mol. The van der Waals surface area contributed by atoms with Crippen LogP contribution >= 0.6 is 0 Å². The van der Waals surface area contributed by atoms with Crippen molar-refractivity contribution >= 4 is 0 Å². The van der Waals surface area contributed by atoms with Crippen LogP contribution in [0, 0.1) is 20.8 Å². The van der Waals surface area contributed by atoms with Gasteiger partial charge in [0.25, 0.3) is 0 Å². The molecule has 280 valence electrons. The fraction of sp³-hybridized carbons (Fsp3) is 0.191. The van der Waals surface area contributed by atoms with E-state index < -0.39 is 0 Å². The van der Waals surface area contributed by atoms with Crippen molar-refractivity contribution in [2.45, 2.75) is 61.6 Å². The molecule has 0 radical (unpaired) electrons. The van der Waals surface area contributed by atoms with Crippen molar-refractivity contribution in [1.82, 2.24) is 40.4 Å². The zero-order valence-electron chi connectivity index (χ0n) is 33.1. The summed E-state index contributed by atoms with van der Waals surface area (Å²) in [6.07, 6.45) is 0. The van der Waals surface area contributed by atoms with Crippen LogP contribution in [-0.4, -0.2) is 40.4 Å². The number of hydrogen-bond acceptors (Lipinski definition) is 6. The summed E-state index contributed by atoms with van der Waals surface area (Å²) < 4.78 is 3.66. The first-order valence-corrected chi connectivity index (χ1v) is 18.9. The van der Waals surface area contributed by atoms with Crippen molar-refractivity contribution in [3.8, 4) is 33.9 Å². The number of nitrogens with zero attached hydrogens (tertiary/aromatic N) is 8. The molecule has 8 heteroatoms. The monoisotopic (exact) mass is 728 g/mol. The maximum Gasteiger partial charge on any atom is 0.182 e. The zero-order chi connectivity index (χ0) is 39.3. The minimum absolute atomic E-state index is 0.644. The molecular formula is C47H52N8. The molecule has 0 amide bonds. The van der Waals surface area contributed by atoms with Crippen LogP contribution in [0.2, 0.25) is 0 Å². The van der Waals surface area contributed by atoms with E-state index in [1.807, 2.05) is 116 Å². The van der Waals surface area contributed by atoms with Gasteiger partial charge in [-0.25, -0.2) is 9.36 Å². The third-order valence-corrected chi connectivity index (χ3v) is 8.19. The van der Waals surface area contributed by atoms with Gasteiger partial charge in [0.2, 0.25) is 0 Å². The Morgan fingerprint density at radius 2 is 0.727 bits per heavy atom. The van der Waals surface area contributed by atoms with E-state index in [2.05, 4.69) is 137 Å². The van der Waals surface area contributed by atoms with E-state index in [0.29, 0.717) is 13.1 Å². The van der Waals surface area contributed by atoms with Crippen LogP contribution in [0.15, 0.2) is 164 Å². The SMILES string of the molecule is CC.CC.Cc1ccc(-c2ccccc2-c2nnnn2Cc2ccccc2)cc1.Cc1ccc(C)cc1.c1ccc(Cn2nnnc2-c2ccccc2)cc1. The Hall–Kier alpha value is -6.54. The highest BCUT2D eigenvalue weighted by Crippen LogP contribution is 2.31. The van der Waals surface area contributed by atoms with E-state index in [1.54, 1.807) is 0 Å². The molecule has 0 fully saturated rings. The van der Waals surface area contributed by atoms with E-state index in [0.717, 1.165) is 33.9 Å². The Balaban J connectivity index is 0.000000195. The van der Waals surface area contributed by atoms with E-state index >= 15 is 0 Å². The van der Waals surface area contributed by atoms with Crippen molar-refractivity contribution in [2.24, 2.45) is 0 Å². The molecule has 2 heterocycles. The van der Waals surface area contributed by atoms with Gasteiger partial charge in [0.05, 0.1) is 13.1 Å². The van der Waals surface area contributed by atoms with Crippen LogP contribution in [0.3, 0.4) is 0 Å². The van der Waals surface area contributed by atoms with Crippen molar-refractivity contribution in [2.75, 3.05) is 0 Å². The van der Waals surface area contributed by atoms with Gasteiger partial charge in [0.1, 0.15) is 0 Å². The standard InChI is InChI=1S/C21H18N4.C14H12N4.C8H10.2C2H6/c1-16-11-13-18(14-12-16)19-9-5-6-10-20(19)21-22-23-24-25(21)15-17-7-3-2-4-8-17;1-3-7-12(8-4-1)11-18-14(15-16-17-18)13-9-5-2-6-10-13;1-7-3-5-8(2)6-4-7;2*1-2/h2-14H,15H2,1H3;1-10H,11H2;3-6H,1-2H3;2*1-2H3. The normalized spacial score (nSPS) is 9.87. The molecule has 0 aliphatic carbocycles. The van der Waals surface area contributed by atoms with Crippen molar-refractivity contribution in [1.29, 1.82) is 0 Å². The summed E-state index contributed by atoms with van der Waals surface area (Å²) in [7, 11) is 0. The first-order chi connectivity index (χ1) is 27.0. The van der Waals surface area contributed by atoms with Gasteiger partial charge < -0.3 is 0 Å². The molecule has 2 aromatic heterocycles. The lowest BCUT2D eigenvalue weighted by Crippen LogP contribution is -2.04. The fourth-order valence-corrected chi connectivity index (χ4v) is 5.42. The molecule has 6 aromatic carbocycles. The number of aromatic nitrogens is 8. The predicted octanol–water partition coefficient (Wildman–Crippen LogP) is 11.1. The lowest BCUT2D eigenvalue weighted by atomic mass is 9.98. The summed E-state index contributed by atoms with van der Waals surface area (Å²) in [4.78, 5) is 0. The molecule has 0 atom stereocenters. The van der Waals surface area contributed by atoms with Gasteiger partial charge in [-0.1, -0.05) is 208 Å². The van der Waals surface area contributed by atoms with Crippen LogP contribution in [0.5, 0.6) is 0 Å². The van der Waals surface area contributed by atoms with Crippen molar-refractivity contribution < 1.29 is 0 Å². The topological polar surface area (TPSA) is 87.2 Å². The highest BCUT2D eigenvalue weighted by Gasteiger charge is 2.14. The van der Waals surface area contributed by atoms with Gasteiger partial charge in [-0.15, -0.1) is 10.2 Å². The summed E-state index contributed by atoms with van der Waals surface area (Å²) in [6, 6.07) is 55.6. The van der Waals surface area contributed by atoms with Gasteiger partial charge in [-0.3, -0.25) is 0 Å². The number of hydrogen-bond donors (Lipinski definition) is 0. The van der Waals surface area contributed by atoms with Gasteiger partial charge in [0, 0.05) is 11.1 Å². The summed E-state index contributed by atoms with van der Waals surface area (Å²) >= 11 is 0.